The van der Waals surface area contributed by atoms with Crippen LogP contribution >= 0.6 is 0 Å². The van der Waals surface area contributed by atoms with Crippen LogP contribution in [0.1, 0.15) is 0 Å². The third kappa shape index (κ3) is 4.80. The second-order valence-corrected chi connectivity index (χ2v) is 5.31. The molecule has 0 atom stereocenters. The van der Waals surface area contributed by atoms with Gasteiger partial charge >= 0.3 is 10.1 Å². The molecule has 5 heteroatoms. The van der Waals surface area contributed by atoms with Crippen molar-refractivity contribution < 1.29 is 17.5 Å². The first-order valence-corrected chi connectivity index (χ1v) is 6.33. The van der Waals surface area contributed by atoms with Gasteiger partial charge in [-0.3, -0.25) is 0 Å². The SMILES string of the molecule is C[NH+](C)CCS(=O)(=O)Oc1ccccc1. The summed E-state index contributed by atoms with van der Waals surface area (Å²) >= 11 is 0. The lowest BCUT2D eigenvalue weighted by Gasteiger charge is -2.08. The minimum atomic E-state index is -3.45. The highest BCUT2D eigenvalue weighted by atomic mass is 32.2. The van der Waals surface area contributed by atoms with Crippen molar-refractivity contribution in [2.45, 2.75) is 0 Å². The van der Waals surface area contributed by atoms with E-state index in [1.807, 2.05) is 20.2 Å². The van der Waals surface area contributed by atoms with Crippen LogP contribution in [0.5, 0.6) is 5.75 Å². The molecule has 84 valence electrons. The Kier molecular flexibility index (Phi) is 4.11. The lowest BCUT2D eigenvalue weighted by molar-refractivity contribution is -0.855. The largest absolute Gasteiger partial charge is 0.382 e. The van der Waals surface area contributed by atoms with Crippen LogP contribution in [0.3, 0.4) is 0 Å². The van der Waals surface area contributed by atoms with Crippen LogP contribution in [0.25, 0.3) is 0 Å². The van der Waals surface area contributed by atoms with E-state index in [1.54, 1.807) is 24.3 Å². The van der Waals surface area contributed by atoms with Gasteiger partial charge in [0.2, 0.25) is 0 Å². The number of benzene rings is 1. The highest BCUT2D eigenvalue weighted by Gasteiger charge is 2.14. The van der Waals surface area contributed by atoms with Crippen molar-refractivity contribution in [2.24, 2.45) is 0 Å². The molecule has 0 fully saturated rings. The van der Waals surface area contributed by atoms with Gasteiger partial charge in [-0.05, 0) is 12.1 Å². The summed E-state index contributed by atoms with van der Waals surface area (Å²) in [7, 11) is 0.351. The van der Waals surface area contributed by atoms with Crippen molar-refractivity contribution in [1.29, 1.82) is 0 Å². The van der Waals surface area contributed by atoms with E-state index >= 15 is 0 Å². The predicted molar refractivity (Wildman–Crippen MR) is 58.5 cm³/mol. The van der Waals surface area contributed by atoms with Crippen molar-refractivity contribution in [2.75, 3.05) is 26.4 Å². The Hall–Kier alpha value is -1.07. The first kappa shape index (κ1) is 12.0. The molecule has 1 N–H and O–H groups in total. The van der Waals surface area contributed by atoms with Gasteiger partial charge in [0.25, 0.3) is 0 Å². The zero-order valence-corrected chi connectivity index (χ0v) is 9.75. The number of quaternary nitrogens is 1. The van der Waals surface area contributed by atoms with Gasteiger partial charge in [0.15, 0.2) is 0 Å². The average Bonchev–Trinajstić information content (AvgIpc) is 2.16. The molecule has 1 rings (SSSR count). The van der Waals surface area contributed by atoms with E-state index < -0.39 is 10.1 Å². The van der Waals surface area contributed by atoms with E-state index in [4.69, 9.17) is 4.18 Å². The van der Waals surface area contributed by atoms with Gasteiger partial charge in [0.1, 0.15) is 11.5 Å². The maximum atomic E-state index is 11.5. The molecule has 0 bridgehead atoms. The number of hydrogen-bond acceptors (Lipinski definition) is 3. The Balaban J connectivity index is 2.57. The Bertz CT molecular complexity index is 386. The lowest BCUT2D eigenvalue weighted by Crippen LogP contribution is -3.06. The Labute approximate surface area is 90.6 Å². The third-order valence-electron chi connectivity index (χ3n) is 1.82. The molecule has 0 heterocycles. The average molecular weight is 230 g/mol. The van der Waals surface area contributed by atoms with Crippen LogP contribution in [-0.4, -0.2) is 34.8 Å². The van der Waals surface area contributed by atoms with Gasteiger partial charge < -0.3 is 9.08 Å². The fourth-order valence-electron chi connectivity index (χ4n) is 0.993. The first-order valence-electron chi connectivity index (χ1n) is 4.76. The van der Waals surface area contributed by atoms with Crippen molar-refractivity contribution in [3.8, 4) is 5.75 Å². The Morgan fingerprint density at radius 2 is 1.80 bits per heavy atom. The molecule has 0 aliphatic rings. The summed E-state index contributed by atoms with van der Waals surface area (Å²) in [5.41, 5.74) is 0. The highest BCUT2D eigenvalue weighted by molar-refractivity contribution is 7.87. The molecular weight excluding hydrogens is 214 g/mol. The second-order valence-electron chi connectivity index (χ2n) is 3.62. The van der Waals surface area contributed by atoms with E-state index in [1.165, 1.54) is 0 Å². The summed E-state index contributed by atoms with van der Waals surface area (Å²) in [6.45, 7) is 0.537. The smallest absolute Gasteiger partial charge is 0.314 e. The van der Waals surface area contributed by atoms with Gasteiger partial charge in [0.05, 0.1) is 20.6 Å². The van der Waals surface area contributed by atoms with Gasteiger partial charge in [-0.1, -0.05) is 18.2 Å². The standard InChI is InChI=1S/C10H15NO3S/c1-11(2)8-9-15(12,13)14-10-6-4-3-5-7-10/h3-7H,8-9H2,1-2H3/p+1. The molecule has 0 aliphatic heterocycles. The van der Waals surface area contributed by atoms with Crippen molar-refractivity contribution in [3.05, 3.63) is 30.3 Å². The van der Waals surface area contributed by atoms with Crippen molar-refractivity contribution >= 4 is 10.1 Å². The predicted octanol–water partition coefficient (Wildman–Crippen LogP) is -0.460. The Morgan fingerprint density at radius 1 is 1.20 bits per heavy atom. The molecule has 0 saturated carbocycles. The number of hydrogen-bond donors (Lipinski definition) is 1. The van der Waals surface area contributed by atoms with Crippen LogP contribution in [0, 0.1) is 0 Å². The van der Waals surface area contributed by atoms with Crippen LogP contribution in [0.4, 0.5) is 0 Å². The fourth-order valence-corrected chi connectivity index (χ4v) is 2.14. The minimum Gasteiger partial charge on any atom is -0.382 e. The number of rotatable bonds is 5. The molecule has 1 aromatic rings. The second kappa shape index (κ2) is 5.14. The summed E-state index contributed by atoms with van der Waals surface area (Å²) < 4.78 is 27.8. The van der Waals surface area contributed by atoms with Crippen LogP contribution < -0.4 is 9.08 Å². The third-order valence-corrected chi connectivity index (χ3v) is 2.97. The fraction of sp³-hybridized carbons (Fsp3) is 0.400. The first-order chi connectivity index (χ1) is 6.99. The van der Waals surface area contributed by atoms with E-state index in [2.05, 4.69) is 0 Å². The van der Waals surface area contributed by atoms with Crippen molar-refractivity contribution in [3.63, 3.8) is 0 Å². The molecule has 0 spiro atoms. The van der Waals surface area contributed by atoms with Crippen LogP contribution in [0.2, 0.25) is 0 Å². The minimum absolute atomic E-state index is 0.0320. The molecule has 0 aliphatic carbocycles. The Morgan fingerprint density at radius 3 is 2.33 bits per heavy atom. The summed E-state index contributed by atoms with van der Waals surface area (Å²) in [6.07, 6.45) is 0. The van der Waals surface area contributed by atoms with E-state index in [0.29, 0.717) is 12.3 Å². The monoisotopic (exact) mass is 230 g/mol. The van der Waals surface area contributed by atoms with Crippen LogP contribution in [-0.2, 0) is 10.1 Å². The topological polar surface area (TPSA) is 47.8 Å². The van der Waals surface area contributed by atoms with Gasteiger partial charge in [-0.15, -0.1) is 0 Å². The number of para-hydroxylation sites is 1. The zero-order valence-electron chi connectivity index (χ0n) is 8.93. The van der Waals surface area contributed by atoms with Crippen molar-refractivity contribution in [1.82, 2.24) is 0 Å². The number of nitrogens with one attached hydrogen (secondary N) is 1. The molecule has 0 unspecified atom stereocenters. The summed E-state index contributed by atoms with van der Waals surface area (Å²) in [5, 5.41) is 0. The van der Waals surface area contributed by atoms with Gasteiger partial charge in [0, 0.05) is 0 Å². The van der Waals surface area contributed by atoms with E-state index in [9.17, 15) is 8.42 Å². The van der Waals surface area contributed by atoms with E-state index in [-0.39, 0.29) is 5.75 Å². The van der Waals surface area contributed by atoms with Gasteiger partial charge in [-0.2, -0.15) is 8.42 Å². The highest BCUT2D eigenvalue weighted by Crippen LogP contribution is 2.11. The molecule has 0 radical (unpaired) electrons. The normalized spacial score (nSPS) is 11.7. The molecule has 15 heavy (non-hydrogen) atoms. The van der Waals surface area contributed by atoms with Crippen LogP contribution in [0.15, 0.2) is 30.3 Å². The molecule has 0 aromatic heterocycles. The molecule has 0 saturated heterocycles. The summed E-state index contributed by atoms with van der Waals surface area (Å²) in [6, 6.07) is 8.54. The summed E-state index contributed by atoms with van der Waals surface area (Å²) in [4.78, 5) is 1.08. The maximum absolute atomic E-state index is 11.5. The molecule has 4 nitrogen and oxygen atoms in total. The zero-order chi connectivity index (χ0) is 11.3. The summed E-state index contributed by atoms with van der Waals surface area (Å²) in [5.74, 6) is 0.399. The van der Waals surface area contributed by atoms with E-state index in [0.717, 1.165) is 4.90 Å². The molecule has 1 aromatic carbocycles. The lowest BCUT2D eigenvalue weighted by atomic mass is 10.3. The molecule has 0 amide bonds. The molecular formula is C10H16NO3S+. The van der Waals surface area contributed by atoms with Gasteiger partial charge in [-0.25, -0.2) is 0 Å². The maximum Gasteiger partial charge on any atom is 0.314 e. The quantitative estimate of drug-likeness (QED) is 0.696.